The van der Waals surface area contributed by atoms with Crippen molar-refractivity contribution in [3.05, 3.63) is 0 Å². The van der Waals surface area contributed by atoms with Crippen molar-refractivity contribution in [1.82, 2.24) is 15.5 Å². The van der Waals surface area contributed by atoms with E-state index in [0.717, 1.165) is 12.8 Å². The molecule has 0 aliphatic carbocycles. The molecule has 0 fully saturated rings. The normalized spacial score (nSPS) is 13.9. The summed E-state index contributed by atoms with van der Waals surface area (Å²) < 4.78 is 36.6. The molecule has 0 heterocycles. The predicted octanol–water partition coefficient (Wildman–Crippen LogP) is 3.48. The number of halogens is 4. The lowest BCUT2D eigenvalue weighted by Crippen LogP contribution is -2.42. The monoisotopic (exact) mass is 452 g/mol. The maximum absolute atomic E-state index is 12.2. The van der Waals surface area contributed by atoms with Gasteiger partial charge in [0, 0.05) is 19.1 Å². The number of hydrogen-bond acceptors (Lipinski definition) is 2. The zero-order chi connectivity index (χ0) is 17.2. The van der Waals surface area contributed by atoms with Crippen LogP contribution in [-0.2, 0) is 0 Å². The van der Waals surface area contributed by atoms with E-state index >= 15 is 0 Å². The van der Waals surface area contributed by atoms with Gasteiger partial charge in [0.1, 0.15) is 0 Å². The van der Waals surface area contributed by atoms with Gasteiger partial charge in [-0.1, -0.05) is 26.7 Å². The first-order valence-corrected chi connectivity index (χ1v) is 8.00. The Morgan fingerprint density at radius 2 is 1.65 bits per heavy atom. The van der Waals surface area contributed by atoms with Crippen LogP contribution >= 0.6 is 24.0 Å². The van der Waals surface area contributed by atoms with Gasteiger partial charge in [-0.3, -0.25) is 4.99 Å². The summed E-state index contributed by atoms with van der Waals surface area (Å²) in [5.74, 6) is 0.973. The predicted molar refractivity (Wildman–Crippen MR) is 102 cm³/mol. The quantitative estimate of drug-likeness (QED) is 0.320. The number of guanidine groups is 1. The molecule has 0 aliphatic rings. The highest BCUT2D eigenvalue weighted by Gasteiger charge is 2.26. The van der Waals surface area contributed by atoms with Crippen LogP contribution in [0.4, 0.5) is 13.2 Å². The highest BCUT2D eigenvalue weighted by atomic mass is 127. The van der Waals surface area contributed by atoms with Gasteiger partial charge in [0.25, 0.3) is 0 Å². The maximum atomic E-state index is 12.2. The van der Waals surface area contributed by atoms with E-state index in [-0.39, 0.29) is 36.6 Å². The third kappa shape index (κ3) is 11.9. The first kappa shape index (κ1) is 25.0. The molecule has 0 aliphatic heterocycles. The fraction of sp³-hybridized carbons (Fsp3) is 0.933. The van der Waals surface area contributed by atoms with Gasteiger partial charge < -0.3 is 15.5 Å². The van der Waals surface area contributed by atoms with Crippen LogP contribution < -0.4 is 10.6 Å². The summed E-state index contributed by atoms with van der Waals surface area (Å²) in [7, 11) is 4.03. The third-order valence-electron chi connectivity index (χ3n) is 3.74. The first-order valence-electron chi connectivity index (χ1n) is 8.00. The van der Waals surface area contributed by atoms with E-state index < -0.39 is 12.6 Å². The summed E-state index contributed by atoms with van der Waals surface area (Å²) >= 11 is 0. The zero-order valence-electron chi connectivity index (χ0n) is 14.8. The van der Waals surface area contributed by atoms with Crippen molar-refractivity contribution in [3.8, 4) is 0 Å². The Morgan fingerprint density at radius 1 is 1.09 bits per heavy atom. The van der Waals surface area contributed by atoms with Crippen LogP contribution in [0.3, 0.4) is 0 Å². The molecule has 0 aromatic carbocycles. The number of rotatable bonds is 9. The highest BCUT2D eigenvalue weighted by Crippen LogP contribution is 2.18. The van der Waals surface area contributed by atoms with Crippen molar-refractivity contribution < 1.29 is 13.2 Å². The molecule has 140 valence electrons. The molecule has 0 bridgehead atoms. The van der Waals surface area contributed by atoms with E-state index in [0.29, 0.717) is 25.0 Å². The lowest BCUT2D eigenvalue weighted by Gasteiger charge is -2.30. The standard InChI is InChI=1S/C15H31F3N4.HI/c1-6-12(7-2)13(22(4)5)11-21-14(19-8-3)20-10-9-15(16,17)18;/h12-13H,6-11H2,1-5H3,(H2,19,20,21);1H. The fourth-order valence-corrected chi connectivity index (χ4v) is 2.42. The molecular weight excluding hydrogens is 420 g/mol. The summed E-state index contributed by atoms with van der Waals surface area (Å²) in [4.78, 5) is 6.60. The van der Waals surface area contributed by atoms with Gasteiger partial charge in [0.15, 0.2) is 5.96 Å². The molecule has 8 heteroatoms. The first-order chi connectivity index (χ1) is 10.2. The molecule has 1 unspecified atom stereocenters. The van der Waals surface area contributed by atoms with Crippen molar-refractivity contribution >= 4 is 29.9 Å². The number of hydrogen-bond donors (Lipinski definition) is 2. The number of alkyl halides is 3. The minimum absolute atomic E-state index is 0. The second kappa shape index (κ2) is 13.1. The third-order valence-corrected chi connectivity index (χ3v) is 3.74. The Kier molecular flexibility index (Phi) is 14.2. The summed E-state index contributed by atoms with van der Waals surface area (Å²) in [6, 6.07) is 0.285. The van der Waals surface area contributed by atoms with Crippen LogP contribution in [-0.4, -0.2) is 56.8 Å². The molecule has 1 atom stereocenters. The minimum atomic E-state index is -4.15. The summed E-state index contributed by atoms with van der Waals surface area (Å²) in [5.41, 5.74) is 0. The fourth-order valence-electron chi connectivity index (χ4n) is 2.42. The molecule has 0 aromatic rings. The Labute approximate surface area is 155 Å². The maximum Gasteiger partial charge on any atom is 0.390 e. The van der Waals surface area contributed by atoms with Crippen LogP contribution in [0.2, 0.25) is 0 Å². The van der Waals surface area contributed by atoms with E-state index in [4.69, 9.17) is 0 Å². The molecule has 2 N–H and O–H groups in total. The zero-order valence-corrected chi connectivity index (χ0v) is 17.2. The summed E-state index contributed by atoms with van der Waals surface area (Å²) in [6.45, 7) is 7.23. The van der Waals surface area contributed by atoms with E-state index in [2.05, 4.69) is 34.4 Å². The lowest BCUT2D eigenvalue weighted by atomic mass is 9.93. The van der Waals surface area contributed by atoms with Crippen LogP contribution in [0.1, 0.15) is 40.0 Å². The topological polar surface area (TPSA) is 39.7 Å². The Hall–Kier alpha value is -0.250. The molecule has 0 spiro atoms. The number of nitrogens with one attached hydrogen (secondary N) is 2. The van der Waals surface area contributed by atoms with Crippen molar-refractivity contribution in [2.45, 2.75) is 52.3 Å². The van der Waals surface area contributed by atoms with E-state index in [1.165, 1.54) is 0 Å². The SMILES string of the molecule is CCNC(=NCC(C(CC)CC)N(C)C)NCCC(F)(F)F.I. The molecule has 0 amide bonds. The van der Waals surface area contributed by atoms with E-state index in [1.807, 2.05) is 21.0 Å². The van der Waals surface area contributed by atoms with Gasteiger partial charge in [-0.25, -0.2) is 0 Å². The van der Waals surface area contributed by atoms with Crippen molar-refractivity contribution in [3.63, 3.8) is 0 Å². The Balaban J connectivity index is 0. The average molecular weight is 452 g/mol. The largest absolute Gasteiger partial charge is 0.390 e. The van der Waals surface area contributed by atoms with E-state index in [9.17, 15) is 13.2 Å². The van der Waals surface area contributed by atoms with Gasteiger partial charge in [-0.15, -0.1) is 24.0 Å². The van der Waals surface area contributed by atoms with Crippen molar-refractivity contribution in [1.29, 1.82) is 0 Å². The van der Waals surface area contributed by atoms with E-state index in [1.54, 1.807) is 0 Å². The molecule has 4 nitrogen and oxygen atoms in total. The molecule has 0 aromatic heterocycles. The van der Waals surface area contributed by atoms with Crippen LogP contribution in [0.5, 0.6) is 0 Å². The van der Waals surface area contributed by atoms with Gasteiger partial charge >= 0.3 is 6.18 Å². The molecule has 23 heavy (non-hydrogen) atoms. The summed E-state index contributed by atoms with van der Waals surface area (Å²) in [6.07, 6.45) is -2.88. The Bertz CT molecular complexity index is 318. The number of likely N-dealkylation sites (N-methyl/N-ethyl adjacent to an activating group) is 1. The minimum Gasteiger partial charge on any atom is -0.357 e. The van der Waals surface area contributed by atoms with Gasteiger partial charge in [-0.2, -0.15) is 13.2 Å². The highest BCUT2D eigenvalue weighted by molar-refractivity contribution is 14.0. The van der Waals surface area contributed by atoms with Crippen LogP contribution in [0.25, 0.3) is 0 Å². The van der Waals surface area contributed by atoms with Crippen molar-refractivity contribution in [2.24, 2.45) is 10.9 Å². The molecule has 0 radical (unpaired) electrons. The van der Waals surface area contributed by atoms with Crippen LogP contribution in [0, 0.1) is 5.92 Å². The molecule has 0 rings (SSSR count). The molecule has 0 saturated heterocycles. The Morgan fingerprint density at radius 3 is 2.04 bits per heavy atom. The lowest BCUT2D eigenvalue weighted by molar-refractivity contribution is -0.132. The van der Waals surface area contributed by atoms with Gasteiger partial charge in [0.2, 0.25) is 0 Å². The summed E-state index contributed by atoms with van der Waals surface area (Å²) in [5, 5.41) is 5.74. The number of nitrogens with zero attached hydrogens (tertiary/aromatic N) is 2. The van der Waals surface area contributed by atoms with Crippen molar-refractivity contribution in [2.75, 3.05) is 33.7 Å². The van der Waals surface area contributed by atoms with Crippen LogP contribution in [0.15, 0.2) is 4.99 Å². The molecular formula is C15H32F3IN4. The second-order valence-corrected chi connectivity index (χ2v) is 5.62. The smallest absolute Gasteiger partial charge is 0.357 e. The van der Waals surface area contributed by atoms with Gasteiger partial charge in [-0.05, 0) is 26.9 Å². The number of aliphatic imine (C=N–C) groups is 1. The van der Waals surface area contributed by atoms with Gasteiger partial charge in [0.05, 0.1) is 13.0 Å². The molecule has 0 saturated carbocycles. The average Bonchev–Trinajstić information content (AvgIpc) is 2.41. The second-order valence-electron chi connectivity index (χ2n) is 5.62.